The maximum Gasteiger partial charge on any atom is 0.234 e. The van der Waals surface area contributed by atoms with E-state index in [0.29, 0.717) is 12.3 Å². The highest BCUT2D eigenvalue weighted by atomic mass is 15.4. The molecular formula is C13H17N7. The second-order valence-corrected chi connectivity index (χ2v) is 5.07. The summed E-state index contributed by atoms with van der Waals surface area (Å²) in [6.07, 6.45) is 3.82. The Balaban J connectivity index is 1.92. The molecule has 0 aromatic carbocycles. The van der Waals surface area contributed by atoms with Crippen LogP contribution in [0.3, 0.4) is 0 Å². The van der Waals surface area contributed by atoms with Crippen molar-refractivity contribution in [2.75, 3.05) is 0 Å². The lowest BCUT2D eigenvalue weighted by Gasteiger charge is -1.99. The predicted octanol–water partition coefficient (Wildman–Crippen LogP) is 1.01. The van der Waals surface area contributed by atoms with Gasteiger partial charge in [0.25, 0.3) is 0 Å². The number of fused-ring (bicyclic) bond motifs is 1. The van der Waals surface area contributed by atoms with E-state index in [0.717, 1.165) is 22.8 Å². The Hall–Kier alpha value is -2.28. The number of hydrogen-bond acceptors (Lipinski definition) is 5. The predicted molar refractivity (Wildman–Crippen MR) is 74.2 cm³/mol. The number of nitrogens with two attached hydrogens (primary N) is 1. The van der Waals surface area contributed by atoms with Crippen molar-refractivity contribution in [3.63, 3.8) is 0 Å². The van der Waals surface area contributed by atoms with Crippen LogP contribution in [0.25, 0.3) is 5.78 Å². The van der Waals surface area contributed by atoms with Gasteiger partial charge in [0, 0.05) is 23.6 Å². The van der Waals surface area contributed by atoms with Gasteiger partial charge >= 0.3 is 0 Å². The van der Waals surface area contributed by atoms with Gasteiger partial charge in [0.15, 0.2) is 0 Å². The number of aromatic nitrogens is 6. The van der Waals surface area contributed by atoms with Crippen molar-refractivity contribution in [1.82, 2.24) is 29.4 Å². The first-order valence-corrected chi connectivity index (χ1v) is 6.51. The highest BCUT2D eigenvalue weighted by Gasteiger charge is 2.09. The first-order valence-electron chi connectivity index (χ1n) is 6.51. The maximum absolute atomic E-state index is 5.77. The molecule has 0 amide bonds. The largest absolute Gasteiger partial charge is 0.323 e. The molecule has 0 saturated carbocycles. The third-order valence-electron chi connectivity index (χ3n) is 3.16. The van der Waals surface area contributed by atoms with Gasteiger partial charge in [-0.15, -0.1) is 5.10 Å². The molecule has 20 heavy (non-hydrogen) atoms. The fourth-order valence-electron chi connectivity index (χ4n) is 2.16. The molecule has 0 radical (unpaired) electrons. The average molecular weight is 271 g/mol. The van der Waals surface area contributed by atoms with Gasteiger partial charge in [0.2, 0.25) is 5.78 Å². The molecule has 3 heterocycles. The first kappa shape index (κ1) is 12.7. The molecule has 1 unspecified atom stereocenters. The van der Waals surface area contributed by atoms with Gasteiger partial charge in [-0.25, -0.2) is 14.6 Å². The quantitative estimate of drug-likeness (QED) is 0.768. The van der Waals surface area contributed by atoms with Crippen molar-refractivity contribution < 1.29 is 0 Å². The zero-order valence-corrected chi connectivity index (χ0v) is 11.8. The molecular weight excluding hydrogens is 254 g/mol. The van der Waals surface area contributed by atoms with Gasteiger partial charge in [-0.1, -0.05) is 5.21 Å². The second-order valence-electron chi connectivity index (χ2n) is 5.07. The summed E-state index contributed by atoms with van der Waals surface area (Å²) in [6, 6.07) is 1.92. The molecule has 0 aliphatic carbocycles. The van der Waals surface area contributed by atoms with Gasteiger partial charge in [-0.2, -0.15) is 0 Å². The lowest BCUT2D eigenvalue weighted by Crippen LogP contribution is -2.05. The van der Waals surface area contributed by atoms with Crippen LogP contribution in [0, 0.1) is 13.8 Å². The van der Waals surface area contributed by atoms with Gasteiger partial charge in [0.05, 0.1) is 24.1 Å². The molecule has 2 N–H and O–H groups in total. The normalized spacial score (nSPS) is 13.0. The summed E-state index contributed by atoms with van der Waals surface area (Å²) in [5.74, 6) is 0.713. The molecule has 0 fully saturated rings. The van der Waals surface area contributed by atoms with Crippen molar-refractivity contribution in [1.29, 1.82) is 0 Å². The van der Waals surface area contributed by atoms with Crippen LogP contribution in [0.2, 0.25) is 0 Å². The van der Waals surface area contributed by atoms with Crippen LogP contribution in [-0.2, 0) is 6.54 Å². The molecule has 0 saturated heterocycles. The third-order valence-corrected chi connectivity index (χ3v) is 3.16. The Morgan fingerprint density at radius 3 is 2.75 bits per heavy atom. The summed E-state index contributed by atoms with van der Waals surface area (Å²) in [5, 5.41) is 8.10. The van der Waals surface area contributed by atoms with E-state index >= 15 is 0 Å². The first-order chi connectivity index (χ1) is 9.52. The Kier molecular flexibility index (Phi) is 2.98. The Morgan fingerprint density at radius 2 is 2.05 bits per heavy atom. The van der Waals surface area contributed by atoms with Crippen molar-refractivity contribution in [2.24, 2.45) is 5.73 Å². The molecule has 0 bridgehead atoms. The monoisotopic (exact) mass is 271 g/mol. The molecule has 0 spiro atoms. The van der Waals surface area contributed by atoms with Gasteiger partial charge in [0.1, 0.15) is 0 Å². The standard InChI is InChI=1S/C13H17N7/c1-8-4-9(2)20-6-11(16-13(20)15-8)5-19-7-12(10(3)14)17-18-19/h4,6-7,10H,5,14H2,1-3H3. The van der Waals surface area contributed by atoms with E-state index < -0.39 is 0 Å². The van der Waals surface area contributed by atoms with Crippen LogP contribution in [0.15, 0.2) is 18.5 Å². The van der Waals surface area contributed by atoms with Crippen molar-refractivity contribution in [3.05, 3.63) is 41.2 Å². The minimum Gasteiger partial charge on any atom is -0.323 e. The molecule has 104 valence electrons. The Labute approximate surface area is 116 Å². The van der Waals surface area contributed by atoms with E-state index in [-0.39, 0.29) is 6.04 Å². The minimum atomic E-state index is -0.114. The van der Waals surface area contributed by atoms with Crippen LogP contribution in [0.1, 0.15) is 35.7 Å². The topological polar surface area (TPSA) is 86.9 Å². The van der Waals surface area contributed by atoms with Crippen LogP contribution < -0.4 is 5.73 Å². The number of imidazole rings is 1. The lowest BCUT2D eigenvalue weighted by atomic mass is 10.3. The zero-order valence-electron chi connectivity index (χ0n) is 11.8. The zero-order chi connectivity index (χ0) is 14.3. The molecule has 1 atom stereocenters. The average Bonchev–Trinajstić information content (AvgIpc) is 2.96. The summed E-state index contributed by atoms with van der Waals surface area (Å²) in [7, 11) is 0. The number of rotatable bonds is 3. The summed E-state index contributed by atoms with van der Waals surface area (Å²) in [6.45, 7) is 6.45. The summed E-state index contributed by atoms with van der Waals surface area (Å²) in [5.41, 5.74) is 9.52. The van der Waals surface area contributed by atoms with Gasteiger partial charge in [-0.05, 0) is 26.8 Å². The molecule has 3 aromatic heterocycles. The van der Waals surface area contributed by atoms with Gasteiger partial charge in [-0.3, -0.25) is 4.40 Å². The molecule has 7 nitrogen and oxygen atoms in total. The fraction of sp³-hybridized carbons (Fsp3) is 0.385. The second kappa shape index (κ2) is 4.68. The Morgan fingerprint density at radius 1 is 1.25 bits per heavy atom. The summed E-state index contributed by atoms with van der Waals surface area (Å²) < 4.78 is 3.72. The molecule has 3 aromatic rings. The van der Waals surface area contributed by atoms with Crippen molar-refractivity contribution in [2.45, 2.75) is 33.4 Å². The van der Waals surface area contributed by atoms with Crippen LogP contribution in [-0.4, -0.2) is 29.4 Å². The molecule has 7 heteroatoms. The SMILES string of the molecule is Cc1cc(C)n2cc(Cn3cc(C(C)N)nn3)nc2n1. The van der Waals surface area contributed by atoms with E-state index in [1.54, 1.807) is 4.68 Å². The smallest absolute Gasteiger partial charge is 0.234 e. The van der Waals surface area contributed by atoms with E-state index in [1.807, 2.05) is 43.6 Å². The lowest BCUT2D eigenvalue weighted by molar-refractivity contribution is 0.640. The highest BCUT2D eigenvalue weighted by molar-refractivity contribution is 5.34. The third kappa shape index (κ3) is 2.27. The maximum atomic E-state index is 5.77. The van der Waals surface area contributed by atoms with Gasteiger partial charge < -0.3 is 5.73 Å². The number of hydrogen-bond donors (Lipinski definition) is 1. The number of nitrogens with zero attached hydrogens (tertiary/aromatic N) is 6. The number of aryl methyl sites for hydroxylation is 2. The Bertz CT molecular complexity index is 753. The van der Waals surface area contributed by atoms with E-state index in [2.05, 4.69) is 20.3 Å². The van der Waals surface area contributed by atoms with E-state index in [1.165, 1.54) is 0 Å². The molecule has 0 aliphatic heterocycles. The van der Waals surface area contributed by atoms with Crippen LogP contribution >= 0.6 is 0 Å². The van der Waals surface area contributed by atoms with E-state index in [9.17, 15) is 0 Å². The van der Waals surface area contributed by atoms with Crippen LogP contribution in [0.5, 0.6) is 0 Å². The minimum absolute atomic E-state index is 0.114. The highest BCUT2D eigenvalue weighted by Crippen LogP contribution is 2.10. The van der Waals surface area contributed by atoms with E-state index in [4.69, 9.17) is 5.73 Å². The van der Waals surface area contributed by atoms with Crippen molar-refractivity contribution in [3.8, 4) is 0 Å². The summed E-state index contributed by atoms with van der Waals surface area (Å²) in [4.78, 5) is 8.93. The summed E-state index contributed by atoms with van der Waals surface area (Å²) >= 11 is 0. The van der Waals surface area contributed by atoms with Crippen molar-refractivity contribution >= 4 is 5.78 Å². The molecule has 3 rings (SSSR count). The molecule has 0 aliphatic rings. The fourth-order valence-corrected chi connectivity index (χ4v) is 2.16. The van der Waals surface area contributed by atoms with Crippen LogP contribution in [0.4, 0.5) is 0 Å².